The van der Waals surface area contributed by atoms with Gasteiger partial charge in [0.05, 0.1) is 10.5 Å². The van der Waals surface area contributed by atoms with Gasteiger partial charge >= 0.3 is 0 Å². The molecule has 0 bridgehead atoms. The van der Waals surface area contributed by atoms with Gasteiger partial charge < -0.3 is 15.0 Å². The number of guanidine groups is 1. The largest absolute Gasteiger partial charge is 0.381 e. The molecule has 8 heteroatoms. The first-order chi connectivity index (χ1) is 10.4. The Balaban J connectivity index is 0.00000264. The standard InChI is InChI=1S/C15H29N3O3S.HI/c1-15(2)12-18(8-11-22(15,19)20)14(16-3)17-7-4-13-5-9-21-10-6-13;/h13H,4-12H2,1-3H3,(H,16,17);1H. The smallest absolute Gasteiger partial charge is 0.193 e. The first-order valence-corrected chi connectivity index (χ1v) is 9.76. The van der Waals surface area contributed by atoms with Gasteiger partial charge in [-0.1, -0.05) is 0 Å². The van der Waals surface area contributed by atoms with Crippen LogP contribution in [-0.4, -0.2) is 69.7 Å². The van der Waals surface area contributed by atoms with Crippen molar-refractivity contribution in [3.05, 3.63) is 0 Å². The third kappa shape index (κ3) is 5.45. The highest BCUT2D eigenvalue weighted by molar-refractivity contribution is 14.0. The highest BCUT2D eigenvalue weighted by atomic mass is 127. The first kappa shape index (κ1) is 21.0. The predicted molar refractivity (Wildman–Crippen MR) is 104 cm³/mol. The molecule has 2 aliphatic heterocycles. The molecule has 0 unspecified atom stereocenters. The predicted octanol–water partition coefficient (Wildman–Crippen LogP) is 1.51. The monoisotopic (exact) mass is 459 g/mol. The summed E-state index contributed by atoms with van der Waals surface area (Å²) in [7, 11) is -1.25. The van der Waals surface area contributed by atoms with Crippen LogP contribution in [0.25, 0.3) is 0 Å². The average Bonchev–Trinajstić information content (AvgIpc) is 2.48. The molecule has 0 atom stereocenters. The van der Waals surface area contributed by atoms with Gasteiger partial charge in [-0.15, -0.1) is 24.0 Å². The van der Waals surface area contributed by atoms with Crippen molar-refractivity contribution < 1.29 is 13.2 Å². The molecule has 0 amide bonds. The maximum atomic E-state index is 12.1. The van der Waals surface area contributed by atoms with Gasteiger partial charge in [-0.2, -0.15) is 0 Å². The fraction of sp³-hybridized carbons (Fsp3) is 0.933. The molecule has 1 N–H and O–H groups in total. The van der Waals surface area contributed by atoms with E-state index in [4.69, 9.17) is 4.74 Å². The lowest BCUT2D eigenvalue weighted by Crippen LogP contribution is -2.57. The number of hydrogen-bond donors (Lipinski definition) is 1. The van der Waals surface area contributed by atoms with Gasteiger partial charge in [-0.05, 0) is 39.0 Å². The van der Waals surface area contributed by atoms with Crippen LogP contribution < -0.4 is 5.32 Å². The highest BCUT2D eigenvalue weighted by Gasteiger charge is 2.40. The van der Waals surface area contributed by atoms with E-state index in [0.717, 1.165) is 50.9 Å². The molecule has 0 aromatic rings. The van der Waals surface area contributed by atoms with Crippen LogP contribution in [0.1, 0.15) is 33.1 Å². The number of rotatable bonds is 3. The maximum absolute atomic E-state index is 12.1. The van der Waals surface area contributed by atoms with Crippen molar-refractivity contribution in [2.45, 2.75) is 37.9 Å². The topological polar surface area (TPSA) is 71.0 Å². The number of nitrogens with zero attached hydrogens (tertiary/aromatic N) is 2. The van der Waals surface area contributed by atoms with E-state index in [9.17, 15) is 8.42 Å². The van der Waals surface area contributed by atoms with Gasteiger partial charge in [0.25, 0.3) is 0 Å². The molecule has 2 fully saturated rings. The Kier molecular flexibility index (Phi) is 8.06. The third-order valence-electron chi connectivity index (χ3n) is 4.73. The molecule has 0 aromatic carbocycles. The van der Waals surface area contributed by atoms with Crippen LogP contribution in [0.3, 0.4) is 0 Å². The van der Waals surface area contributed by atoms with Crippen molar-refractivity contribution in [2.24, 2.45) is 10.9 Å². The number of halogens is 1. The Morgan fingerprint density at radius 2 is 2.00 bits per heavy atom. The molecule has 2 saturated heterocycles. The van der Waals surface area contributed by atoms with Crippen LogP contribution in [0.5, 0.6) is 0 Å². The van der Waals surface area contributed by atoms with Crippen LogP contribution in [0.4, 0.5) is 0 Å². The number of ether oxygens (including phenoxy) is 1. The zero-order valence-corrected chi connectivity index (χ0v) is 17.5. The van der Waals surface area contributed by atoms with Crippen molar-refractivity contribution in [1.29, 1.82) is 0 Å². The minimum atomic E-state index is -3.01. The Bertz CT molecular complexity index is 502. The van der Waals surface area contributed by atoms with Crippen molar-refractivity contribution in [2.75, 3.05) is 45.6 Å². The summed E-state index contributed by atoms with van der Waals surface area (Å²) in [5.41, 5.74) is 0. The molecule has 0 spiro atoms. The molecule has 6 nitrogen and oxygen atoms in total. The van der Waals surface area contributed by atoms with E-state index < -0.39 is 14.6 Å². The molecule has 2 rings (SSSR count). The average molecular weight is 459 g/mol. The first-order valence-electron chi connectivity index (χ1n) is 8.11. The van der Waals surface area contributed by atoms with E-state index in [0.29, 0.717) is 13.1 Å². The summed E-state index contributed by atoms with van der Waals surface area (Å²) in [6, 6.07) is 0. The van der Waals surface area contributed by atoms with Gasteiger partial charge in [0.1, 0.15) is 0 Å². The highest BCUT2D eigenvalue weighted by Crippen LogP contribution is 2.23. The summed E-state index contributed by atoms with van der Waals surface area (Å²) in [6.45, 7) is 7.22. The lowest BCUT2D eigenvalue weighted by atomic mass is 9.97. The normalized spacial score (nSPS) is 24.8. The lowest BCUT2D eigenvalue weighted by molar-refractivity contribution is 0.0642. The number of nitrogens with one attached hydrogen (secondary N) is 1. The molecule has 2 aliphatic rings. The molecule has 0 aliphatic carbocycles. The molecular formula is C15H30IN3O3S. The van der Waals surface area contributed by atoms with Crippen molar-refractivity contribution in [3.63, 3.8) is 0 Å². The maximum Gasteiger partial charge on any atom is 0.193 e. The van der Waals surface area contributed by atoms with Gasteiger partial charge in [0, 0.05) is 39.9 Å². The second kappa shape index (κ2) is 8.84. The minimum Gasteiger partial charge on any atom is -0.381 e. The summed E-state index contributed by atoms with van der Waals surface area (Å²) in [4.78, 5) is 6.38. The Morgan fingerprint density at radius 3 is 2.57 bits per heavy atom. The van der Waals surface area contributed by atoms with Crippen molar-refractivity contribution >= 4 is 39.8 Å². The molecule has 0 aromatic heterocycles. The molecule has 23 heavy (non-hydrogen) atoms. The van der Waals surface area contributed by atoms with Gasteiger partial charge in [0.2, 0.25) is 0 Å². The second-order valence-corrected chi connectivity index (χ2v) is 9.56. The van der Waals surface area contributed by atoms with Crippen LogP contribution >= 0.6 is 24.0 Å². The summed E-state index contributed by atoms with van der Waals surface area (Å²) in [5, 5.41) is 3.39. The molecule has 0 radical (unpaired) electrons. The van der Waals surface area contributed by atoms with Crippen molar-refractivity contribution in [1.82, 2.24) is 10.2 Å². The SMILES string of the molecule is CN=C(NCCC1CCOCC1)N1CCS(=O)(=O)C(C)(C)C1.I. The fourth-order valence-corrected chi connectivity index (χ4v) is 4.45. The van der Waals surface area contributed by atoms with Gasteiger partial charge in [0.15, 0.2) is 15.8 Å². The van der Waals surface area contributed by atoms with E-state index in [2.05, 4.69) is 15.2 Å². The molecule has 136 valence electrons. The zero-order valence-electron chi connectivity index (χ0n) is 14.4. The van der Waals surface area contributed by atoms with E-state index in [1.54, 1.807) is 20.9 Å². The van der Waals surface area contributed by atoms with Gasteiger partial charge in [-0.3, -0.25) is 4.99 Å². The fourth-order valence-electron chi connectivity index (χ4n) is 3.08. The second-order valence-electron chi connectivity index (χ2n) is 6.82. The Hall–Kier alpha value is -0.0900. The summed E-state index contributed by atoms with van der Waals surface area (Å²) >= 11 is 0. The molecule has 0 saturated carbocycles. The number of aliphatic imine (C=N–C) groups is 1. The van der Waals surface area contributed by atoms with Crippen LogP contribution in [0.2, 0.25) is 0 Å². The van der Waals surface area contributed by atoms with Crippen LogP contribution in [0.15, 0.2) is 4.99 Å². The number of hydrogen-bond acceptors (Lipinski definition) is 4. The number of sulfone groups is 1. The van der Waals surface area contributed by atoms with E-state index in [1.807, 2.05) is 0 Å². The van der Waals surface area contributed by atoms with Crippen molar-refractivity contribution in [3.8, 4) is 0 Å². The molecule has 2 heterocycles. The zero-order chi connectivity index (χ0) is 16.2. The summed E-state index contributed by atoms with van der Waals surface area (Å²) < 4.78 is 28.8. The quantitative estimate of drug-likeness (QED) is 0.394. The van der Waals surface area contributed by atoms with E-state index >= 15 is 0 Å². The third-order valence-corrected chi connectivity index (χ3v) is 7.26. The molecular weight excluding hydrogens is 429 g/mol. The van der Waals surface area contributed by atoms with Crippen LogP contribution in [-0.2, 0) is 14.6 Å². The minimum absolute atomic E-state index is 0. The van der Waals surface area contributed by atoms with E-state index in [1.165, 1.54) is 0 Å². The Morgan fingerprint density at radius 1 is 1.35 bits per heavy atom. The van der Waals surface area contributed by atoms with Gasteiger partial charge in [-0.25, -0.2) is 8.42 Å². The van der Waals surface area contributed by atoms with E-state index in [-0.39, 0.29) is 29.7 Å². The summed E-state index contributed by atoms with van der Waals surface area (Å²) in [6.07, 6.45) is 3.38. The summed E-state index contributed by atoms with van der Waals surface area (Å²) in [5.74, 6) is 1.73. The van der Waals surface area contributed by atoms with Crippen LogP contribution in [0, 0.1) is 5.92 Å². The Labute approximate surface area is 157 Å². The lowest BCUT2D eigenvalue weighted by Gasteiger charge is -2.39.